The number of carboxylic acids is 1. The predicted molar refractivity (Wildman–Crippen MR) is 76.6 cm³/mol. The number of amides is 1. The zero-order valence-corrected chi connectivity index (χ0v) is 12.3. The highest BCUT2D eigenvalue weighted by molar-refractivity contribution is 5.81. The Morgan fingerprint density at radius 1 is 1.17 bits per heavy atom. The highest BCUT2D eigenvalue weighted by Gasteiger charge is 2.42. The lowest BCUT2D eigenvalue weighted by Crippen LogP contribution is -2.48. The van der Waals surface area contributed by atoms with Crippen LogP contribution >= 0.6 is 0 Å². The largest absolute Gasteiger partial charge is 0.481 e. The summed E-state index contributed by atoms with van der Waals surface area (Å²) in [6.07, 6.45) is -4.18. The summed E-state index contributed by atoms with van der Waals surface area (Å²) >= 11 is 0. The van der Waals surface area contributed by atoms with E-state index in [0.29, 0.717) is 18.4 Å². The summed E-state index contributed by atoms with van der Waals surface area (Å²) in [7, 11) is 0. The Hall–Kier alpha value is -2.05. The van der Waals surface area contributed by atoms with Gasteiger partial charge in [-0.2, -0.15) is 13.2 Å². The second kappa shape index (κ2) is 7.02. The highest BCUT2D eigenvalue weighted by atomic mass is 19.4. The Kier molecular flexibility index (Phi) is 5.28. The number of halogens is 3. The van der Waals surface area contributed by atoms with Crippen molar-refractivity contribution < 1.29 is 27.9 Å². The fraction of sp³-hybridized carbons (Fsp3) is 0.500. The van der Waals surface area contributed by atoms with Gasteiger partial charge in [-0.1, -0.05) is 30.3 Å². The Labute approximate surface area is 131 Å². The third kappa shape index (κ3) is 4.71. The molecule has 0 radical (unpaired) electrons. The number of hydrogen-bond donors (Lipinski definition) is 2. The van der Waals surface area contributed by atoms with Gasteiger partial charge in [0, 0.05) is 12.3 Å². The van der Waals surface area contributed by atoms with E-state index in [0.717, 1.165) is 0 Å². The van der Waals surface area contributed by atoms with E-state index in [9.17, 15) is 22.8 Å². The molecule has 1 aliphatic rings. The first-order valence-corrected chi connectivity index (χ1v) is 7.41. The maximum absolute atomic E-state index is 13.1. The van der Waals surface area contributed by atoms with Gasteiger partial charge in [0.15, 0.2) is 0 Å². The van der Waals surface area contributed by atoms with Gasteiger partial charge in [0.25, 0.3) is 0 Å². The number of carboxylic acid groups (broad SMARTS) is 1. The van der Waals surface area contributed by atoms with Crippen LogP contribution in [0.2, 0.25) is 0 Å². The molecule has 3 atom stereocenters. The van der Waals surface area contributed by atoms with E-state index in [1.54, 1.807) is 30.3 Å². The molecule has 4 nitrogen and oxygen atoms in total. The molecule has 0 spiro atoms. The van der Waals surface area contributed by atoms with E-state index in [2.05, 4.69) is 0 Å². The van der Waals surface area contributed by atoms with Crippen LogP contribution in [-0.4, -0.2) is 29.2 Å². The number of rotatable bonds is 5. The summed E-state index contributed by atoms with van der Waals surface area (Å²) < 4.78 is 39.4. The maximum Gasteiger partial charge on any atom is 0.408 e. The van der Waals surface area contributed by atoms with Crippen molar-refractivity contribution in [2.24, 2.45) is 11.8 Å². The number of nitrogens with one attached hydrogen (secondary N) is 1. The topological polar surface area (TPSA) is 66.4 Å². The monoisotopic (exact) mass is 329 g/mol. The van der Waals surface area contributed by atoms with Crippen molar-refractivity contribution in [3.05, 3.63) is 35.9 Å². The Bertz CT molecular complexity index is 559. The fourth-order valence-corrected chi connectivity index (χ4v) is 2.83. The van der Waals surface area contributed by atoms with Crippen LogP contribution in [-0.2, 0) is 16.0 Å². The first kappa shape index (κ1) is 17.3. The SMILES string of the molecule is O=C(O)[C@@H]1CC[C@H](C(=O)NC(Cc2ccccc2)C(F)(F)F)C1. The minimum atomic E-state index is -4.56. The number of alkyl halides is 3. The van der Waals surface area contributed by atoms with Gasteiger partial charge >= 0.3 is 12.1 Å². The zero-order valence-electron chi connectivity index (χ0n) is 12.3. The maximum atomic E-state index is 13.1. The van der Waals surface area contributed by atoms with Gasteiger partial charge in [-0.15, -0.1) is 0 Å². The lowest BCUT2D eigenvalue weighted by atomic mass is 10.0. The molecule has 2 N–H and O–H groups in total. The Morgan fingerprint density at radius 3 is 2.30 bits per heavy atom. The minimum Gasteiger partial charge on any atom is -0.481 e. The van der Waals surface area contributed by atoms with Crippen molar-refractivity contribution in [1.82, 2.24) is 5.32 Å². The standard InChI is InChI=1S/C16H18F3NO3/c17-16(18,19)13(8-10-4-2-1-3-5-10)20-14(21)11-6-7-12(9-11)15(22)23/h1-5,11-13H,6-9H2,(H,20,21)(H,22,23)/t11-,12+,13?/m0/s1. The summed E-state index contributed by atoms with van der Waals surface area (Å²) in [6, 6.07) is 6.15. The van der Waals surface area contributed by atoms with E-state index >= 15 is 0 Å². The van der Waals surface area contributed by atoms with Crippen LogP contribution < -0.4 is 5.32 Å². The van der Waals surface area contributed by atoms with Gasteiger partial charge in [0.05, 0.1) is 5.92 Å². The second-order valence-electron chi connectivity index (χ2n) is 5.84. The van der Waals surface area contributed by atoms with E-state index in [1.807, 2.05) is 5.32 Å². The number of aliphatic carboxylic acids is 1. The summed E-state index contributed by atoms with van der Waals surface area (Å²) in [5, 5.41) is 11.0. The Balaban J connectivity index is 2.01. The van der Waals surface area contributed by atoms with E-state index in [-0.39, 0.29) is 12.8 Å². The average molecular weight is 329 g/mol. The van der Waals surface area contributed by atoms with Crippen LogP contribution in [0.1, 0.15) is 24.8 Å². The van der Waals surface area contributed by atoms with Gasteiger partial charge in [-0.05, 0) is 24.8 Å². The van der Waals surface area contributed by atoms with Gasteiger partial charge in [0.1, 0.15) is 6.04 Å². The summed E-state index contributed by atoms with van der Waals surface area (Å²) in [5.74, 6) is -3.04. The smallest absolute Gasteiger partial charge is 0.408 e. The number of benzene rings is 1. The molecule has 2 rings (SSSR count). The molecule has 1 amide bonds. The first-order chi connectivity index (χ1) is 10.8. The predicted octanol–water partition coefficient (Wildman–Crippen LogP) is 2.78. The number of carbonyl (C=O) groups excluding carboxylic acids is 1. The zero-order chi connectivity index (χ0) is 17.0. The molecule has 1 aliphatic carbocycles. The average Bonchev–Trinajstić information content (AvgIpc) is 2.96. The molecule has 1 aromatic carbocycles. The first-order valence-electron chi connectivity index (χ1n) is 7.41. The minimum absolute atomic E-state index is 0.0943. The van der Waals surface area contributed by atoms with E-state index in [4.69, 9.17) is 5.11 Å². The number of carbonyl (C=O) groups is 2. The molecular weight excluding hydrogens is 311 g/mol. The van der Waals surface area contributed by atoms with Crippen molar-refractivity contribution in [3.63, 3.8) is 0 Å². The van der Waals surface area contributed by atoms with E-state index in [1.165, 1.54) is 0 Å². The van der Waals surface area contributed by atoms with Gasteiger partial charge in [0.2, 0.25) is 5.91 Å². The molecule has 0 aromatic heterocycles. The van der Waals surface area contributed by atoms with Crippen LogP contribution in [0, 0.1) is 11.8 Å². The van der Waals surface area contributed by atoms with Crippen molar-refractivity contribution in [2.45, 2.75) is 37.9 Å². The molecule has 1 saturated carbocycles. The molecule has 0 aliphatic heterocycles. The fourth-order valence-electron chi connectivity index (χ4n) is 2.83. The van der Waals surface area contributed by atoms with Gasteiger partial charge in [-0.25, -0.2) is 0 Å². The molecule has 7 heteroatoms. The summed E-state index contributed by atoms with van der Waals surface area (Å²) in [4.78, 5) is 22.9. The van der Waals surface area contributed by atoms with Crippen molar-refractivity contribution in [3.8, 4) is 0 Å². The van der Waals surface area contributed by atoms with Crippen molar-refractivity contribution in [2.75, 3.05) is 0 Å². The summed E-state index contributed by atoms with van der Waals surface area (Å²) in [5.41, 5.74) is 0.477. The van der Waals surface area contributed by atoms with E-state index < -0.39 is 35.9 Å². The number of hydrogen-bond acceptors (Lipinski definition) is 2. The normalized spacial score (nSPS) is 22.6. The molecule has 0 bridgehead atoms. The molecule has 126 valence electrons. The molecule has 1 unspecified atom stereocenters. The third-order valence-corrected chi connectivity index (χ3v) is 4.15. The van der Waals surface area contributed by atoms with Crippen LogP contribution in [0.3, 0.4) is 0 Å². The Morgan fingerprint density at radius 2 is 1.78 bits per heavy atom. The van der Waals surface area contributed by atoms with Crippen LogP contribution in [0.5, 0.6) is 0 Å². The summed E-state index contributed by atoms with van der Waals surface area (Å²) in [6.45, 7) is 0. The lowest BCUT2D eigenvalue weighted by molar-refractivity contribution is -0.162. The lowest BCUT2D eigenvalue weighted by Gasteiger charge is -2.23. The van der Waals surface area contributed by atoms with Crippen LogP contribution in [0.25, 0.3) is 0 Å². The molecule has 23 heavy (non-hydrogen) atoms. The molecule has 0 heterocycles. The highest BCUT2D eigenvalue weighted by Crippen LogP contribution is 2.32. The quantitative estimate of drug-likeness (QED) is 0.873. The van der Waals surface area contributed by atoms with Crippen LogP contribution in [0.4, 0.5) is 13.2 Å². The van der Waals surface area contributed by atoms with Crippen molar-refractivity contribution >= 4 is 11.9 Å². The van der Waals surface area contributed by atoms with Crippen molar-refractivity contribution in [1.29, 1.82) is 0 Å². The molecular formula is C16H18F3NO3. The second-order valence-corrected chi connectivity index (χ2v) is 5.84. The molecule has 0 saturated heterocycles. The molecule has 1 aromatic rings. The van der Waals surface area contributed by atoms with Crippen LogP contribution in [0.15, 0.2) is 30.3 Å². The van der Waals surface area contributed by atoms with Gasteiger partial charge in [-0.3, -0.25) is 9.59 Å². The third-order valence-electron chi connectivity index (χ3n) is 4.15. The van der Waals surface area contributed by atoms with Gasteiger partial charge < -0.3 is 10.4 Å². The molecule has 1 fully saturated rings.